The molecule has 0 aliphatic carbocycles. The normalized spacial score (nSPS) is 10.6. The Bertz CT molecular complexity index is 634. The van der Waals surface area contributed by atoms with Crippen molar-refractivity contribution in [2.45, 2.75) is 13.5 Å². The number of aromatic amines is 1. The first-order valence-corrected chi connectivity index (χ1v) is 5.64. The lowest BCUT2D eigenvalue weighted by Gasteiger charge is -2.02. The van der Waals surface area contributed by atoms with Crippen LogP contribution in [0.1, 0.15) is 23.0 Å². The summed E-state index contributed by atoms with van der Waals surface area (Å²) in [6.07, 6.45) is 0. The number of hydrogen-bond donors (Lipinski definition) is 3. The fraction of sp³-hybridized carbons (Fsp3) is 0.167. The molecule has 0 saturated carbocycles. The first-order chi connectivity index (χ1) is 8.49. The van der Waals surface area contributed by atoms with Crippen LogP contribution in [0.25, 0.3) is 10.9 Å². The van der Waals surface area contributed by atoms with E-state index in [0.29, 0.717) is 21.5 Å². The second kappa shape index (κ2) is 4.70. The molecular formula is C12H11ClN2O3. The van der Waals surface area contributed by atoms with Gasteiger partial charge in [0.25, 0.3) is 0 Å². The van der Waals surface area contributed by atoms with Crippen molar-refractivity contribution in [1.82, 2.24) is 10.3 Å². The van der Waals surface area contributed by atoms with E-state index in [9.17, 15) is 9.59 Å². The number of amides is 1. The third-order valence-electron chi connectivity index (χ3n) is 2.60. The van der Waals surface area contributed by atoms with Crippen LogP contribution in [0, 0.1) is 0 Å². The SMILES string of the molecule is CC(=O)NCc1c(C(=O)O)[nH]c2ccc(Cl)cc12. The highest BCUT2D eigenvalue weighted by atomic mass is 35.5. The van der Waals surface area contributed by atoms with Crippen molar-refractivity contribution < 1.29 is 14.7 Å². The van der Waals surface area contributed by atoms with Gasteiger partial charge in [-0.15, -0.1) is 0 Å². The minimum absolute atomic E-state index is 0.0704. The summed E-state index contributed by atoms with van der Waals surface area (Å²) in [6.45, 7) is 1.53. The van der Waals surface area contributed by atoms with Crippen LogP contribution in [0.4, 0.5) is 0 Å². The number of carbonyl (C=O) groups excluding carboxylic acids is 1. The van der Waals surface area contributed by atoms with Crippen LogP contribution in [0.3, 0.4) is 0 Å². The van der Waals surface area contributed by atoms with Crippen molar-refractivity contribution in [3.8, 4) is 0 Å². The minimum Gasteiger partial charge on any atom is -0.477 e. The molecule has 0 aliphatic rings. The Balaban J connectivity index is 2.57. The summed E-state index contributed by atoms with van der Waals surface area (Å²) in [4.78, 5) is 24.9. The Labute approximate surface area is 108 Å². The predicted octanol–water partition coefficient (Wildman–Crippen LogP) is 2.16. The number of carboxylic acid groups (broad SMARTS) is 1. The van der Waals surface area contributed by atoms with Crippen LogP contribution in [-0.4, -0.2) is 22.0 Å². The summed E-state index contributed by atoms with van der Waals surface area (Å²) in [5.41, 5.74) is 1.27. The number of halogens is 1. The average molecular weight is 267 g/mol. The van der Waals surface area contributed by atoms with Crippen molar-refractivity contribution in [3.63, 3.8) is 0 Å². The zero-order valence-electron chi connectivity index (χ0n) is 9.58. The highest BCUT2D eigenvalue weighted by Crippen LogP contribution is 2.25. The summed E-state index contributed by atoms with van der Waals surface area (Å²) < 4.78 is 0. The van der Waals surface area contributed by atoms with E-state index in [1.54, 1.807) is 18.2 Å². The number of benzene rings is 1. The second-order valence-electron chi connectivity index (χ2n) is 3.88. The summed E-state index contributed by atoms with van der Waals surface area (Å²) >= 11 is 5.89. The molecule has 1 aromatic heterocycles. The lowest BCUT2D eigenvalue weighted by molar-refractivity contribution is -0.119. The molecule has 2 rings (SSSR count). The van der Waals surface area contributed by atoms with Gasteiger partial charge in [-0.05, 0) is 18.2 Å². The zero-order chi connectivity index (χ0) is 13.3. The van der Waals surface area contributed by atoms with Gasteiger partial charge in [0.15, 0.2) is 0 Å². The Morgan fingerprint density at radius 1 is 1.44 bits per heavy atom. The molecule has 0 atom stereocenters. The highest BCUT2D eigenvalue weighted by molar-refractivity contribution is 6.31. The molecule has 0 fully saturated rings. The summed E-state index contributed by atoms with van der Waals surface area (Å²) in [5, 5.41) is 12.9. The number of aromatic nitrogens is 1. The molecule has 3 N–H and O–H groups in total. The molecule has 94 valence electrons. The van der Waals surface area contributed by atoms with E-state index in [1.807, 2.05) is 0 Å². The van der Waals surface area contributed by atoms with Crippen LogP contribution in [0.2, 0.25) is 5.02 Å². The van der Waals surface area contributed by atoms with Crippen LogP contribution < -0.4 is 5.32 Å². The number of carbonyl (C=O) groups is 2. The molecule has 6 heteroatoms. The molecule has 5 nitrogen and oxygen atoms in total. The Morgan fingerprint density at radius 2 is 2.17 bits per heavy atom. The third-order valence-corrected chi connectivity index (χ3v) is 2.83. The third kappa shape index (κ3) is 2.31. The standard InChI is InChI=1S/C12H11ClN2O3/c1-6(16)14-5-9-8-4-7(13)2-3-10(8)15-11(9)12(17)18/h2-4,15H,5H2,1H3,(H,14,16)(H,17,18). The molecule has 0 saturated heterocycles. The zero-order valence-corrected chi connectivity index (χ0v) is 10.3. The summed E-state index contributed by atoms with van der Waals surface area (Å²) in [6, 6.07) is 5.06. The van der Waals surface area contributed by atoms with E-state index in [-0.39, 0.29) is 18.1 Å². The number of carboxylic acids is 1. The number of H-pyrrole nitrogens is 1. The average Bonchev–Trinajstić information content (AvgIpc) is 2.64. The van der Waals surface area contributed by atoms with Crippen molar-refractivity contribution >= 4 is 34.4 Å². The molecule has 0 unspecified atom stereocenters. The fourth-order valence-corrected chi connectivity index (χ4v) is 1.97. The van der Waals surface area contributed by atoms with Gasteiger partial charge in [-0.2, -0.15) is 0 Å². The molecular weight excluding hydrogens is 256 g/mol. The Morgan fingerprint density at radius 3 is 2.78 bits per heavy atom. The number of rotatable bonds is 3. The quantitative estimate of drug-likeness (QED) is 0.796. The first kappa shape index (κ1) is 12.4. The van der Waals surface area contributed by atoms with Crippen molar-refractivity contribution in [2.24, 2.45) is 0 Å². The Hall–Kier alpha value is -2.01. The lowest BCUT2D eigenvalue weighted by Crippen LogP contribution is -2.20. The molecule has 1 aromatic carbocycles. The lowest BCUT2D eigenvalue weighted by atomic mass is 10.1. The van der Waals surface area contributed by atoms with Gasteiger partial charge in [-0.3, -0.25) is 4.79 Å². The number of hydrogen-bond acceptors (Lipinski definition) is 2. The van der Waals surface area contributed by atoms with Gasteiger partial charge >= 0.3 is 5.97 Å². The van der Waals surface area contributed by atoms with E-state index >= 15 is 0 Å². The van der Waals surface area contributed by atoms with Crippen LogP contribution >= 0.6 is 11.6 Å². The topological polar surface area (TPSA) is 82.2 Å². The van der Waals surface area contributed by atoms with Crippen LogP contribution in [0.5, 0.6) is 0 Å². The second-order valence-corrected chi connectivity index (χ2v) is 4.32. The highest BCUT2D eigenvalue weighted by Gasteiger charge is 2.17. The fourth-order valence-electron chi connectivity index (χ4n) is 1.80. The maximum Gasteiger partial charge on any atom is 0.352 e. The van der Waals surface area contributed by atoms with E-state index in [0.717, 1.165) is 0 Å². The molecule has 0 aliphatic heterocycles. The summed E-state index contributed by atoms with van der Waals surface area (Å²) in [5.74, 6) is -1.29. The maximum absolute atomic E-state index is 11.1. The van der Waals surface area contributed by atoms with Gasteiger partial charge in [0.1, 0.15) is 5.69 Å². The maximum atomic E-state index is 11.1. The van der Waals surface area contributed by atoms with Crippen molar-refractivity contribution in [1.29, 1.82) is 0 Å². The molecule has 0 spiro atoms. The first-order valence-electron chi connectivity index (χ1n) is 5.27. The number of aromatic carboxylic acids is 1. The molecule has 0 radical (unpaired) electrons. The number of nitrogens with one attached hydrogen (secondary N) is 2. The minimum atomic E-state index is -1.07. The van der Waals surface area contributed by atoms with Gasteiger partial charge in [0, 0.05) is 35.0 Å². The molecule has 1 heterocycles. The van der Waals surface area contributed by atoms with E-state index in [4.69, 9.17) is 16.7 Å². The predicted molar refractivity (Wildman–Crippen MR) is 67.8 cm³/mol. The van der Waals surface area contributed by atoms with Gasteiger partial charge in [0.05, 0.1) is 0 Å². The van der Waals surface area contributed by atoms with Gasteiger partial charge in [0.2, 0.25) is 5.91 Å². The van der Waals surface area contributed by atoms with E-state index in [2.05, 4.69) is 10.3 Å². The van der Waals surface area contributed by atoms with Gasteiger partial charge < -0.3 is 15.4 Å². The largest absolute Gasteiger partial charge is 0.477 e. The molecule has 0 bridgehead atoms. The molecule has 18 heavy (non-hydrogen) atoms. The van der Waals surface area contributed by atoms with E-state index < -0.39 is 5.97 Å². The molecule has 1 amide bonds. The monoisotopic (exact) mass is 266 g/mol. The van der Waals surface area contributed by atoms with Gasteiger partial charge in [-0.1, -0.05) is 11.6 Å². The van der Waals surface area contributed by atoms with Crippen molar-refractivity contribution in [2.75, 3.05) is 0 Å². The van der Waals surface area contributed by atoms with Crippen LogP contribution in [0.15, 0.2) is 18.2 Å². The van der Waals surface area contributed by atoms with E-state index in [1.165, 1.54) is 6.92 Å². The summed E-state index contributed by atoms with van der Waals surface area (Å²) in [7, 11) is 0. The smallest absolute Gasteiger partial charge is 0.352 e. The number of fused-ring (bicyclic) bond motifs is 1. The van der Waals surface area contributed by atoms with Crippen LogP contribution in [-0.2, 0) is 11.3 Å². The van der Waals surface area contributed by atoms with Gasteiger partial charge in [-0.25, -0.2) is 4.79 Å². The Kier molecular flexibility index (Phi) is 3.25. The molecule has 2 aromatic rings. The van der Waals surface area contributed by atoms with Crippen molar-refractivity contribution in [3.05, 3.63) is 34.5 Å².